The van der Waals surface area contributed by atoms with E-state index in [1.54, 1.807) is 41.8 Å². The van der Waals surface area contributed by atoms with Crippen LogP contribution in [-0.2, 0) is 0 Å². The maximum Gasteiger partial charge on any atom is 0.274 e. The van der Waals surface area contributed by atoms with Crippen molar-refractivity contribution < 1.29 is 4.79 Å². The van der Waals surface area contributed by atoms with Crippen LogP contribution in [0.25, 0.3) is 0 Å². The number of hydrogen-bond donors (Lipinski definition) is 0. The molecule has 0 bridgehead atoms. The van der Waals surface area contributed by atoms with Crippen molar-refractivity contribution in [1.82, 2.24) is 25.1 Å². The summed E-state index contributed by atoms with van der Waals surface area (Å²) < 4.78 is 0. The maximum absolute atomic E-state index is 12.4. The molecular weight excluding hydrogens is 242 g/mol. The lowest BCUT2D eigenvalue weighted by Crippen LogP contribution is -2.31. The van der Waals surface area contributed by atoms with Gasteiger partial charge in [0.1, 0.15) is 0 Å². The summed E-state index contributed by atoms with van der Waals surface area (Å²) in [5.74, 6) is -0.0961. The average molecular weight is 255 g/mol. The van der Waals surface area contributed by atoms with E-state index < -0.39 is 0 Å². The van der Waals surface area contributed by atoms with E-state index in [1.165, 1.54) is 0 Å². The standard InChI is InChI=1S/C13H13N5O/c19-13(10-3-1-5-16-17-10)18-8-2-4-12(18)11-9-14-6-7-15-11/h1,3,5-7,9,12H,2,4,8H2/t12-/m0/s1. The topological polar surface area (TPSA) is 71.9 Å². The molecule has 1 aliphatic rings. The number of hydrogen-bond acceptors (Lipinski definition) is 5. The summed E-state index contributed by atoms with van der Waals surface area (Å²) in [6.45, 7) is 0.719. The van der Waals surface area contributed by atoms with E-state index in [2.05, 4.69) is 20.2 Å². The van der Waals surface area contributed by atoms with Crippen molar-refractivity contribution >= 4 is 5.91 Å². The average Bonchev–Trinajstić information content (AvgIpc) is 2.98. The fourth-order valence-electron chi connectivity index (χ4n) is 2.36. The molecule has 1 amide bonds. The zero-order chi connectivity index (χ0) is 13.1. The lowest BCUT2D eigenvalue weighted by Gasteiger charge is -2.23. The number of aromatic nitrogens is 4. The van der Waals surface area contributed by atoms with Gasteiger partial charge in [-0.05, 0) is 25.0 Å². The van der Waals surface area contributed by atoms with Crippen LogP contribution < -0.4 is 0 Å². The Morgan fingerprint density at radius 2 is 2.26 bits per heavy atom. The highest BCUT2D eigenvalue weighted by Crippen LogP contribution is 2.31. The molecule has 1 fully saturated rings. The molecule has 0 N–H and O–H groups in total. The van der Waals surface area contributed by atoms with Crippen molar-refractivity contribution in [3.8, 4) is 0 Å². The first-order valence-electron chi connectivity index (χ1n) is 6.21. The molecule has 1 saturated heterocycles. The van der Waals surface area contributed by atoms with E-state index in [0.29, 0.717) is 5.69 Å². The summed E-state index contributed by atoms with van der Waals surface area (Å²) in [4.78, 5) is 22.6. The molecule has 0 saturated carbocycles. The second kappa shape index (κ2) is 5.09. The minimum atomic E-state index is -0.0961. The van der Waals surface area contributed by atoms with E-state index in [0.717, 1.165) is 25.1 Å². The fraction of sp³-hybridized carbons (Fsp3) is 0.308. The van der Waals surface area contributed by atoms with Gasteiger partial charge in [0.15, 0.2) is 5.69 Å². The zero-order valence-corrected chi connectivity index (χ0v) is 10.3. The predicted octanol–water partition coefficient (Wildman–Crippen LogP) is 1.24. The number of amides is 1. The molecule has 2 aromatic rings. The Morgan fingerprint density at radius 1 is 1.32 bits per heavy atom. The van der Waals surface area contributed by atoms with E-state index >= 15 is 0 Å². The van der Waals surface area contributed by atoms with Crippen LogP contribution in [0, 0.1) is 0 Å². The van der Waals surface area contributed by atoms with E-state index in [9.17, 15) is 4.79 Å². The molecule has 0 aliphatic carbocycles. The second-order valence-corrected chi connectivity index (χ2v) is 4.40. The SMILES string of the molecule is O=C(c1cccnn1)N1CCC[C@H]1c1cnccn1. The summed E-state index contributed by atoms with van der Waals surface area (Å²) in [6.07, 6.45) is 8.43. The third-order valence-corrected chi connectivity index (χ3v) is 3.23. The summed E-state index contributed by atoms with van der Waals surface area (Å²) in [7, 11) is 0. The van der Waals surface area contributed by atoms with Crippen LogP contribution >= 0.6 is 0 Å². The number of rotatable bonds is 2. The molecule has 6 heteroatoms. The minimum Gasteiger partial charge on any atom is -0.329 e. The Balaban J connectivity index is 1.86. The van der Waals surface area contributed by atoms with Crippen LogP contribution in [0.1, 0.15) is 35.1 Å². The Morgan fingerprint density at radius 3 is 3.00 bits per heavy atom. The second-order valence-electron chi connectivity index (χ2n) is 4.40. The number of likely N-dealkylation sites (tertiary alicyclic amines) is 1. The van der Waals surface area contributed by atoms with Crippen molar-refractivity contribution in [2.75, 3.05) is 6.54 Å². The highest BCUT2D eigenvalue weighted by Gasteiger charge is 2.32. The van der Waals surface area contributed by atoms with Gasteiger partial charge < -0.3 is 4.90 Å². The fourth-order valence-corrected chi connectivity index (χ4v) is 2.36. The van der Waals surface area contributed by atoms with Crippen molar-refractivity contribution in [3.05, 3.63) is 48.3 Å². The molecule has 96 valence electrons. The van der Waals surface area contributed by atoms with Gasteiger partial charge >= 0.3 is 0 Å². The highest BCUT2D eigenvalue weighted by atomic mass is 16.2. The first-order valence-corrected chi connectivity index (χ1v) is 6.21. The summed E-state index contributed by atoms with van der Waals surface area (Å²) >= 11 is 0. The third-order valence-electron chi connectivity index (χ3n) is 3.23. The van der Waals surface area contributed by atoms with Crippen LogP contribution in [0.5, 0.6) is 0 Å². The molecule has 0 aromatic carbocycles. The predicted molar refractivity (Wildman–Crippen MR) is 67.1 cm³/mol. The van der Waals surface area contributed by atoms with Crippen molar-refractivity contribution in [2.45, 2.75) is 18.9 Å². The summed E-state index contributed by atoms with van der Waals surface area (Å²) in [6, 6.07) is 3.39. The smallest absolute Gasteiger partial charge is 0.274 e. The van der Waals surface area contributed by atoms with Crippen LogP contribution in [-0.4, -0.2) is 37.5 Å². The highest BCUT2D eigenvalue weighted by molar-refractivity contribution is 5.92. The Hall–Kier alpha value is -2.37. The molecule has 0 unspecified atom stereocenters. The summed E-state index contributed by atoms with van der Waals surface area (Å²) in [5.41, 5.74) is 1.20. The van der Waals surface area contributed by atoms with Gasteiger partial charge in [0.2, 0.25) is 0 Å². The van der Waals surface area contributed by atoms with E-state index in [-0.39, 0.29) is 11.9 Å². The molecule has 1 atom stereocenters. The normalized spacial score (nSPS) is 18.5. The maximum atomic E-state index is 12.4. The van der Waals surface area contributed by atoms with Crippen molar-refractivity contribution in [2.24, 2.45) is 0 Å². The number of carbonyl (C=O) groups is 1. The summed E-state index contributed by atoms with van der Waals surface area (Å²) in [5, 5.41) is 7.62. The van der Waals surface area contributed by atoms with Crippen LogP contribution in [0.15, 0.2) is 36.9 Å². The van der Waals surface area contributed by atoms with Crippen LogP contribution in [0.2, 0.25) is 0 Å². The van der Waals surface area contributed by atoms with Gasteiger partial charge in [-0.25, -0.2) is 0 Å². The van der Waals surface area contributed by atoms with Gasteiger partial charge in [0, 0.05) is 25.1 Å². The third kappa shape index (κ3) is 2.29. The first kappa shape index (κ1) is 11.7. The molecule has 0 radical (unpaired) electrons. The molecule has 2 aromatic heterocycles. The van der Waals surface area contributed by atoms with Crippen LogP contribution in [0.3, 0.4) is 0 Å². The molecule has 19 heavy (non-hydrogen) atoms. The van der Waals surface area contributed by atoms with Gasteiger partial charge in [-0.15, -0.1) is 5.10 Å². The number of nitrogens with zero attached hydrogens (tertiary/aromatic N) is 5. The lowest BCUT2D eigenvalue weighted by molar-refractivity contribution is 0.0725. The Bertz CT molecular complexity index is 560. The van der Waals surface area contributed by atoms with Gasteiger partial charge in [0.25, 0.3) is 5.91 Å². The van der Waals surface area contributed by atoms with Gasteiger partial charge in [-0.2, -0.15) is 5.10 Å². The minimum absolute atomic E-state index is 0.0109. The zero-order valence-electron chi connectivity index (χ0n) is 10.3. The largest absolute Gasteiger partial charge is 0.329 e. The molecule has 0 spiro atoms. The quantitative estimate of drug-likeness (QED) is 0.807. The molecule has 3 rings (SSSR count). The van der Waals surface area contributed by atoms with Gasteiger partial charge in [0.05, 0.1) is 17.9 Å². The van der Waals surface area contributed by atoms with E-state index in [4.69, 9.17) is 0 Å². The van der Waals surface area contributed by atoms with Crippen molar-refractivity contribution in [3.63, 3.8) is 0 Å². The Kier molecular flexibility index (Phi) is 3.14. The molecule has 3 heterocycles. The monoisotopic (exact) mass is 255 g/mol. The number of carbonyl (C=O) groups excluding carboxylic acids is 1. The van der Waals surface area contributed by atoms with E-state index in [1.807, 2.05) is 0 Å². The molecule has 1 aliphatic heterocycles. The van der Waals surface area contributed by atoms with Crippen LogP contribution in [0.4, 0.5) is 0 Å². The lowest BCUT2D eigenvalue weighted by atomic mass is 10.1. The van der Waals surface area contributed by atoms with Gasteiger partial charge in [-0.1, -0.05) is 0 Å². The van der Waals surface area contributed by atoms with Crippen molar-refractivity contribution in [1.29, 1.82) is 0 Å². The first-order chi connectivity index (χ1) is 9.36. The Labute approximate surface area is 110 Å². The molecular formula is C13H13N5O. The molecule has 6 nitrogen and oxygen atoms in total. The van der Waals surface area contributed by atoms with Gasteiger partial charge in [-0.3, -0.25) is 14.8 Å².